The summed E-state index contributed by atoms with van der Waals surface area (Å²) >= 11 is 1.63. The molecule has 0 saturated carbocycles. The molecule has 0 fully saturated rings. The summed E-state index contributed by atoms with van der Waals surface area (Å²) in [6.45, 7) is 13.2. The van der Waals surface area contributed by atoms with Gasteiger partial charge in [0.05, 0.1) is 12.4 Å². The largest absolute Gasteiger partial charge is 0.465 e. The van der Waals surface area contributed by atoms with E-state index in [0.29, 0.717) is 12.4 Å². The molecule has 0 aromatic heterocycles. The Morgan fingerprint density at radius 1 is 0.947 bits per heavy atom. The molecule has 0 N–H and O–H groups in total. The topological polar surface area (TPSA) is 26.3 Å². The van der Waals surface area contributed by atoms with Gasteiger partial charge in [0, 0.05) is 5.75 Å². The Balaban J connectivity index is 2.82. The third-order valence-electron chi connectivity index (χ3n) is 3.93. The first-order chi connectivity index (χ1) is 8.90. The Morgan fingerprint density at radius 2 is 1.42 bits per heavy atom. The standard InChI is InChI=1S/C16H24O2S/c1-7-18-16(17)9-19-8-15-13(5)11(3)10(2)12(4)14(15)6/h7-9H2,1-6H3. The van der Waals surface area contributed by atoms with Crippen molar-refractivity contribution in [3.8, 4) is 0 Å². The molecule has 1 aromatic carbocycles. The van der Waals surface area contributed by atoms with Crippen LogP contribution in [0.15, 0.2) is 0 Å². The van der Waals surface area contributed by atoms with E-state index in [1.165, 1.54) is 33.4 Å². The van der Waals surface area contributed by atoms with Crippen molar-refractivity contribution >= 4 is 17.7 Å². The molecule has 0 atom stereocenters. The van der Waals surface area contributed by atoms with Gasteiger partial charge in [-0.25, -0.2) is 0 Å². The zero-order chi connectivity index (χ0) is 14.6. The highest BCUT2D eigenvalue weighted by Crippen LogP contribution is 2.28. The maximum atomic E-state index is 11.3. The molecule has 106 valence electrons. The Hall–Kier alpha value is -0.960. The van der Waals surface area contributed by atoms with Crippen LogP contribution in [0.2, 0.25) is 0 Å². The molecular weight excluding hydrogens is 256 g/mol. The van der Waals surface area contributed by atoms with Crippen LogP contribution in [0, 0.1) is 34.6 Å². The lowest BCUT2D eigenvalue weighted by Gasteiger charge is -2.18. The van der Waals surface area contributed by atoms with Crippen molar-refractivity contribution < 1.29 is 9.53 Å². The minimum atomic E-state index is -0.122. The first kappa shape index (κ1) is 16.1. The van der Waals surface area contributed by atoms with Crippen LogP contribution in [0.1, 0.15) is 40.3 Å². The predicted molar refractivity (Wildman–Crippen MR) is 82.9 cm³/mol. The average Bonchev–Trinajstić information content (AvgIpc) is 2.38. The molecule has 0 spiro atoms. The van der Waals surface area contributed by atoms with Crippen LogP contribution in [0.4, 0.5) is 0 Å². The van der Waals surface area contributed by atoms with Gasteiger partial charge in [0.2, 0.25) is 0 Å². The molecule has 19 heavy (non-hydrogen) atoms. The number of benzene rings is 1. The van der Waals surface area contributed by atoms with Gasteiger partial charge in [-0.2, -0.15) is 0 Å². The van der Waals surface area contributed by atoms with E-state index < -0.39 is 0 Å². The molecule has 0 amide bonds. The fraction of sp³-hybridized carbons (Fsp3) is 0.562. The Labute approximate surface area is 120 Å². The van der Waals surface area contributed by atoms with Gasteiger partial charge in [-0.3, -0.25) is 4.79 Å². The van der Waals surface area contributed by atoms with E-state index in [1.807, 2.05) is 6.92 Å². The van der Waals surface area contributed by atoms with Crippen molar-refractivity contribution in [1.29, 1.82) is 0 Å². The summed E-state index contributed by atoms with van der Waals surface area (Å²) in [4.78, 5) is 11.3. The molecule has 0 unspecified atom stereocenters. The van der Waals surface area contributed by atoms with E-state index in [2.05, 4.69) is 34.6 Å². The van der Waals surface area contributed by atoms with Crippen LogP contribution in [0.25, 0.3) is 0 Å². The highest BCUT2D eigenvalue weighted by atomic mass is 32.2. The fourth-order valence-electron chi connectivity index (χ4n) is 2.23. The smallest absolute Gasteiger partial charge is 0.315 e. The lowest BCUT2D eigenvalue weighted by atomic mass is 9.90. The van der Waals surface area contributed by atoms with Crippen LogP contribution in [-0.4, -0.2) is 18.3 Å². The number of carbonyl (C=O) groups is 1. The van der Waals surface area contributed by atoms with Gasteiger partial charge in [-0.05, 0) is 74.9 Å². The summed E-state index contributed by atoms with van der Waals surface area (Å²) in [5.74, 6) is 1.18. The van der Waals surface area contributed by atoms with Crippen molar-refractivity contribution in [2.75, 3.05) is 12.4 Å². The molecule has 1 rings (SSSR count). The maximum absolute atomic E-state index is 11.3. The maximum Gasteiger partial charge on any atom is 0.315 e. The Morgan fingerprint density at radius 3 is 1.89 bits per heavy atom. The molecule has 0 aliphatic carbocycles. The SMILES string of the molecule is CCOC(=O)CSCc1c(C)c(C)c(C)c(C)c1C. The summed E-state index contributed by atoms with van der Waals surface area (Å²) in [5, 5.41) is 0. The van der Waals surface area contributed by atoms with Crippen molar-refractivity contribution in [1.82, 2.24) is 0 Å². The number of esters is 1. The summed E-state index contributed by atoms with van der Waals surface area (Å²) in [6, 6.07) is 0. The van der Waals surface area contributed by atoms with E-state index >= 15 is 0 Å². The third kappa shape index (κ3) is 3.75. The highest BCUT2D eigenvalue weighted by molar-refractivity contribution is 7.99. The second-order valence-corrected chi connectivity index (χ2v) is 5.89. The van der Waals surface area contributed by atoms with E-state index in [4.69, 9.17) is 4.74 Å². The predicted octanol–water partition coefficient (Wildman–Crippen LogP) is 4.03. The Bertz CT molecular complexity index is 449. The van der Waals surface area contributed by atoms with Crippen molar-refractivity contribution in [3.63, 3.8) is 0 Å². The van der Waals surface area contributed by atoms with E-state index in [-0.39, 0.29) is 5.97 Å². The zero-order valence-corrected chi connectivity index (χ0v) is 13.7. The van der Waals surface area contributed by atoms with Crippen LogP contribution in [0.5, 0.6) is 0 Å². The minimum absolute atomic E-state index is 0.122. The normalized spacial score (nSPS) is 10.6. The average molecular weight is 280 g/mol. The molecule has 0 bridgehead atoms. The number of carbonyl (C=O) groups excluding carboxylic acids is 1. The first-order valence-electron chi connectivity index (χ1n) is 6.69. The lowest BCUT2D eigenvalue weighted by Crippen LogP contribution is -2.08. The van der Waals surface area contributed by atoms with Crippen LogP contribution in [0.3, 0.4) is 0 Å². The summed E-state index contributed by atoms with van der Waals surface area (Å²) in [7, 11) is 0. The van der Waals surface area contributed by atoms with Crippen LogP contribution >= 0.6 is 11.8 Å². The quantitative estimate of drug-likeness (QED) is 0.762. The molecule has 0 radical (unpaired) electrons. The van der Waals surface area contributed by atoms with Gasteiger partial charge in [0.15, 0.2) is 0 Å². The zero-order valence-electron chi connectivity index (χ0n) is 12.8. The van der Waals surface area contributed by atoms with E-state index in [9.17, 15) is 4.79 Å². The number of hydrogen-bond donors (Lipinski definition) is 0. The molecule has 2 nitrogen and oxygen atoms in total. The summed E-state index contributed by atoms with van der Waals surface area (Å²) < 4.78 is 4.95. The molecule has 0 saturated heterocycles. The van der Waals surface area contributed by atoms with E-state index in [1.54, 1.807) is 11.8 Å². The lowest BCUT2D eigenvalue weighted by molar-refractivity contribution is -0.139. The number of hydrogen-bond acceptors (Lipinski definition) is 3. The fourth-order valence-corrected chi connectivity index (χ4v) is 3.22. The van der Waals surface area contributed by atoms with E-state index in [0.717, 1.165) is 5.75 Å². The number of rotatable bonds is 5. The van der Waals surface area contributed by atoms with Gasteiger partial charge in [0.25, 0.3) is 0 Å². The summed E-state index contributed by atoms with van der Waals surface area (Å²) in [5.41, 5.74) is 8.21. The monoisotopic (exact) mass is 280 g/mol. The van der Waals surface area contributed by atoms with Crippen molar-refractivity contribution in [3.05, 3.63) is 33.4 Å². The molecule has 3 heteroatoms. The molecule has 1 aromatic rings. The van der Waals surface area contributed by atoms with Gasteiger partial charge < -0.3 is 4.74 Å². The highest BCUT2D eigenvalue weighted by Gasteiger charge is 2.12. The molecular formula is C16H24O2S. The van der Waals surface area contributed by atoms with Crippen LogP contribution < -0.4 is 0 Å². The van der Waals surface area contributed by atoms with Gasteiger partial charge in [0.1, 0.15) is 0 Å². The van der Waals surface area contributed by atoms with Gasteiger partial charge >= 0.3 is 5.97 Å². The van der Waals surface area contributed by atoms with Crippen molar-refractivity contribution in [2.45, 2.75) is 47.3 Å². The molecule has 0 aliphatic rings. The second kappa shape index (κ2) is 6.99. The van der Waals surface area contributed by atoms with Crippen LogP contribution in [-0.2, 0) is 15.3 Å². The third-order valence-corrected chi connectivity index (χ3v) is 4.86. The Kier molecular flexibility index (Phi) is 5.92. The van der Waals surface area contributed by atoms with Crippen molar-refractivity contribution in [2.24, 2.45) is 0 Å². The minimum Gasteiger partial charge on any atom is -0.465 e. The van der Waals surface area contributed by atoms with Gasteiger partial charge in [-0.1, -0.05) is 0 Å². The second-order valence-electron chi connectivity index (χ2n) is 4.90. The molecule has 0 aliphatic heterocycles. The summed E-state index contributed by atoms with van der Waals surface area (Å²) in [6.07, 6.45) is 0. The molecule has 0 heterocycles. The van der Waals surface area contributed by atoms with Gasteiger partial charge in [-0.15, -0.1) is 11.8 Å². The number of thioether (sulfide) groups is 1. The first-order valence-corrected chi connectivity index (χ1v) is 7.84. The number of ether oxygens (including phenoxy) is 1.